The second kappa shape index (κ2) is 8.61. The largest absolute Gasteiger partial charge is 0.347 e. The summed E-state index contributed by atoms with van der Waals surface area (Å²) in [6.45, 7) is 6.56. The van der Waals surface area contributed by atoms with Crippen LogP contribution in [0.1, 0.15) is 50.7 Å². The van der Waals surface area contributed by atoms with Crippen LogP contribution in [0.4, 0.5) is 5.69 Å². The molecule has 2 aromatic carbocycles. The van der Waals surface area contributed by atoms with E-state index in [0.29, 0.717) is 15.7 Å². The normalized spacial score (nSPS) is 26.4. The number of fused-ring (bicyclic) bond motifs is 2. The van der Waals surface area contributed by atoms with E-state index in [1.807, 2.05) is 36.4 Å². The highest BCUT2D eigenvalue weighted by molar-refractivity contribution is 6.31. The molecule has 0 aromatic heterocycles. The Bertz CT molecular complexity index is 1100. The monoisotopic (exact) mass is 487 g/mol. The van der Waals surface area contributed by atoms with Crippen LogP contribution in [0.2, 0.25) is 10.0 Å². The number of nitrogens with zero attached hydrogens (tertiary/aromatic N) is 1. The molecule has 0 saturated carbocycles. The van der Waals surface area contributed by atoms with E-state index < -0.39 is 17.4 Å². The molecule has 33 heavy (non-hydrogen) atoms. The molecule has 0 radical (unpaired) electrons. The first-order valence-electron chi connectivity index (χ1n) is 11.4. The average molecular weight is 488 g/mol. The maximum absolute atomic E-state index is 14.0. The van der Waals surface area contributed by atoms with E-state index in [1.165, 1.54) is 0 Å². The van der Waals surface area contributed by atoms with E-state index in [2.05, 4.69) is 31.4 Å². The van der Waals surface area contributed by atoms with Crippen LogP contribution < -0.4 is 10.6 Å². The second-order valence-electron chi connectivity index (χ2n) is 10.2. The fourth-order valence-electron chi connectivity index (χ4n) is 5.47. The van der Waals surface area contributed by atoms with Crippen LogP contribution in [-0.2, 0) is 15.0 Å². The maximum Gasteiger partial charge on any atom is 0.239 e. The highest BCUT2D eigenvalue weighted by Gasteiger charge is 2.65. The number of anilines is 1. The number of carbonyl (C=O) groups excluding carboxylic acids is 2. The first kappa shape index (κ1) is 24.1. The summed E-state index contributed by atoms with van der Waals surface area (Å²) < 4.78 is 0. The van der Waals surface area contributed by atoms with Gasteiger partial charge in [-0.2, -0.15) is 0 Å². The van der Waals surface area contributed by atoms with Crippen molar-refractivity contribution in [2.45, 2.75) is 57.0 Å². The molecule has 4 atom stereocenters. The summed E-state index contributed by atoms with van der Waals surface area (Å²) in [4.78, 5) is 29.1. The minimum atomic E-state index is -0.979. The molecule has 7 heteroatoms. The van der Waals surface area contributed by atoms with Crippen molar-refractivity contribution in [3.8, 4) is 0 Å². The van der Waals surface area contributed by atoms with Gasteiger partial charge in [-0.05, 0) is 47.2 Å². The number of benzene rings is 2. The zero-order valence-electron chi connectivity index (χ0n) is 19.7. The molecule has 0 aliphatic carbocycles. The quantitative estimate of drug-likeness (QED) is 0.607. The molecule has 0 unspecified atom stereocenters. The Labute approximate surface area is 205 Å². The molecule has 2 aliphatic rings. The van der Waals surface area contributed by atoms with Crippen LogP contribution in [0.5, 0.6) is 0 Å². The van der Waals surface area contributed by atoms with Crippen LogP contribution in [0.15, 0.2) is 42.5 Å². The fourth-order valence-corrected chi connectivity index (χ4v) is 5.84. The van der Waals surface area contributed by atoms with E-state index in [1.54, 1.807) is 25.1 Å². The lowest BCUT2D eigenvalue weighted by Crippen LogP contribution is -2.49. The molecular weight excluding hydrogens is 457 g/mol. The fraction of sp³-hybridized carbons (Fsp3) is 0.462. The molecule has 2 aromatic rings. The number of halogens is 2. The zero-order valence-corrected chi connectivity index (χ0v) is 21.2. The first-order chi connectivity index (χ1) is 15.5. The summed E-state index contributed by atoms with van der Waals surface area (Å²) in [5.74, 6) is -0.610. The second-order valence-corrected chi connectivity index (χ2v) is 11.1. The molecule has 0 bridgehead atoms. The summed E-state index contributed by atoms with van der Waals surface area (Å²) in [7, 11) is 3.49. The lowest BCUT2D eigenvalue weighted by atomic mass is 9.62. The molecule has 1 fully saturated rings. The lowest BCUT2D eigenvalue weighted by molar-refractivity contribution is -0.131. The van der Waals surface area contributed by atoms with Gasteiger partial charge in [0.1, 0.15) is 5.41 Å². The van der Waals surface area contributed by atoms with Crippen molar-refractivity contribution in [3.05, 3.63) is 63.6 Å². The number of amides is 2. The first-order valence-corrected chi connectivity index (χ1v) is 12.1. The van der Waals surface area contributed by atoms with Gasteiger partial charge in [-0.25, -0.2) is 0 Å². The van der Waals surface area contributed by atoms with E-state index in [9.17, 15) is 9.59 Å². The Kier molecular flexibility index (Phi) is 6.27. The number of likely N-dealkylation sites (N-methyl/N-ethyl adjacent to an activating group) is 1. The van der Waals surface area contributed by atoms with E-state index in [0.717, 1.165) is 24.0 Å². The number of rotatable bonds is 5. The number of nitrogens with one attached hydrogen (secondary N) is 2. The minimum Gasteiger partial charge on any atom is -0.347 e. The third-order valence-corrected chi connectivity index (χ3v) is 7.90. The summed E-state index contributed by atoms with van der Waals surface area (Å²) in [5.41, 5.74) is 1.44. The van der Waals surface area contributed by atoms with Gasteiger partial charge < -0.3 is 15.5 Å². The van der Waals surface area contributed by atoms with E-state index in [-0.39, 0.29) is 23.3 Å². The Hall–Kier alpha value is -2.08. The van der Waals surface area contributed by atoms with Gasteiger partial charge in [0.2, 0.25) is 11.8 Å². The SMILES string of the molecule is CCC(C)(C)C[C@H]1N[C@@H](C(=O)N(C)C)[C@H](c2cccc(Cl)c2)[C@@]12C(=O)Nc1cc(Cl)ccc12. The van der Waals surface area contributed by atoms with Crippen molar-refractivity contribution in [3.63, 3.8) is 0 Å². The van der Waals surface area contributed by atoms with Crippen LogP contribution in [0.3, 0.4) is 0 Å². The molecule has 1 saturated heterocycles. The molecule has 2 heterocycles. The van der Waals surface area contributed by atoms with Crippen molar-refractivity contribution in [1.82, 2.24) is 10.2 Å². The Balaban J connectivity index is 2.00. The van der Waals surface area contributed by atoms with Crippen LogP contribution in [0.25, 0.3) is 0 Å². The van der Waals surface area contributed by atoms with Crippen LogP contribution in [0, 0.1) is 5.41 Å². The van der Waals surface area contributed by atoms with Crippen molar-refractivity contribution >= 4 is 40.7 Å². The molecule has 4 rings (SSSR count). The van der Waals surface area contributed by atoms with Gasteiger partial charge in [0, 0.05) is 41.8 Å². The molecule has 1 spiro atoms. The molecule has 176 valence electrons. The Morgan fingerprint density at radius 2 is 1.82 bits per heavy atom. The predicted octanol–water partition coefficient (Wildman–Crippen LogP) is 5.22. The van der Waals surface area contributed by atoms with Gasteiger partial charge in [0.25, 0.3) is 0 Å². The average Bonchev–Trinajstić information content (AvgIpc) is 3.22. The third kappa shape index (κ3) is 3.94. The molecular formula is C26H31Cl2N3O2. The summed E-state index contributed by atoms with van der Waals surface area (Å²) in [5, 5.41) is 7.84. The highest BCUT2D eigenvalue weighted by Crippen LogP contribution is 2.57. The Morgan fingerprint density at radius 1 is 1.12 bits per heavy atom. The van der Waals surface area contributed by atoms with Crippen molar-refractivity contribution < 1.29 is 9.59 Å². The van der Waals surface area contributed by atoms with Gasteiger partial charge in [0.05, 0.1) is 6.04 Å². The van der Waals surface area contributed by atoms with Gasteiger partial charge in [-0.15, -0.1) is 0 Å². The summed E-state index contributed by atoms with van der Waals surface area (Å²) >= 11 is 12.7. The summed E-state index contributed by atoms with van der Waals surface area (Å²) in [6, 6.07) is 12.2. The molecule has 5 nitrogen and oxygen atoms in total. The number of carbonyl (C=O) groups is 2. The molecule has 2 amide bonds. The number of hydrogen-bond acceptors (Lipinski definition) is 3. The topological polar surface area (TPSA) is 61.4 Å². The third-order valence-electron chi connectivity index (χ3n) is 7.43. The standard InChI is InChI=1S/C26H31Cl2N3O2/c1-6-25(2,3)14-20-26(18-11-10-17(28)13-19(18)29-24(26)33)21(15-8-7-9-16(27)12-15)22(30-20)23(32)31(4)5/h7-13,20-22,30H,6,14H2,1-5H3,(H,29,33)/t20-,21+,22-,26+/m1/s1. The van der Waals surface area contributed by atoms with Gasteiger partial charge >= 0.3 is 0 Å². The molecule has 2 aliphatic heterocycles. The Morgan fingerprint density at radius 3 is 2.45 bits per heavy atom. The van der Waals surface area contributed by atoms with Crippen molar-refractivity contribution in [1.29, 1.82) is 0 Å². The minimum absolute atomic E-state index is 0.0327. The van der Waals surface area contributed by atoms with Crippen LogP contribution in [-0.4, -0.2) is 42.9 Å². The van der Waals surface area contributed by atoms with Gasteiger partial charge in [-0.1, -0.05) is 68.6 Å². The highest BCUT2D eigenvalue weighted by atomic mass is 35.5. The number of hydrogen-bond donors (Lipinski definition) is 2. The van der Waals surface area contributed by atoms with E-state index >= 15 is 0 Å². The maximum atomic E-state index is 14.0. The van der Waals surface area contributed by atoms with E-state index in [4.69, 9.17) is 23.2 Å². The smallest absolute Gasteiger partial charge is 0.239 e. The molecule has 2 N–H and O–H groups in total. The lowest BCUT2D eigenvalue weighted by Gasteiger charge is -2.38. The van der Waals surface area contributed by atoms with Crippen molar-refractivity contribution in [2.24, 2.45) is 5.41 Å². The van der Waals surface area contributed by atoms with Crippen molar-refractivity contribution in [2.75, 3.05) is 19.4 Å². The van der Waals surface area contributed by atoms with Crippen LogP contribution >= 0.6 is 23.2 Å². The van der Waals surface area contributed by atoms with Gasteiger partial charge in [-0.3, -0.25) is 9.59 Å². The predicted molar refractivity (Wildman–Crippen MR) is 134 cm³/mol. The van der Waals surface area contributed by atoms with Gasteiger partial charge in [0.15, 0.2) is 0 Å². The summed E-state index contributed by atoms with van der Waals surface area (Å²) in [6.07, 6.45) is 1.68. The zero-order chi connectivity index (χ0) is 24.1.